The molecule has 206 valence electrons. The Bertz CT molecular complexity index is 1300. The largest absolute Gasteiger partial charge is 0.330 e. The Kier molecular flexibility index (Phi) is 8.67. The van der Waals surface area contributed by atoms with E-state index in [4.69, 9.17) is 5.73 Å². The second-order valence-electron chi connectivity index (χ2n) is 11.8. The van der Waals surface area contributed by atoms with Gasteiger partial charge >= 0.3 is 0 Å². The van der Waals surface area contributed by atoms with Crippen molar-refractivity contribution in [2.45, 2.75) is 72.3 Å². The summed E-state index contributed by atoms with van der Waals surface area (Å²) in [7, 11) is 0. The first-order chi connectivity index (χ1) is 18.4. The van der Waals surface area contributed by atoms with Crippen LogP contribution in [-0.4, -0.2) is 40.1 Å². The number of amides is 1. The minimum absolute atomic E-state index is 0.000799. The molecule has 0 radical (unpaired) electrons. The standard InChI is InChI=1S/C33H40FN3O2/c1-22(25-14-16-29(34)17-15-25)37(19-24-10-12-26(13-11-24)23(2)38)32(39)30-18-27-8-6-7-9-28(27)20-36(30)21-31(35)33(3,4)5/h6-17,22,30-31H,18-21,35H2,1-5H3/t22-,30+,31-/m1/s1. The molecule has 39 heavy (non-hydrogen) atoms. The van der Waals surface area contributed by atoms with Gasteiger partial charge in [-0.05, 0) is 60.1 Å². The maximum absolute atomic E-state index is 14.5. The third-order valence-corrected chi connectivity index (χ3v) is 7.99. The van der Waals surface area contributed by atoms with Gasteiger partial charge < -0.3 is 10.6 Å². The number of carbonyl (C=O) groups is 2. The average Bonchev–Trinajstić information content (AvgIpc) is 2.90. The molecule has 0 spiro atoms. The summed E-state index contributed by atoms with van der Waals surface area (Å²) < 4.78 is 13.7. The molecular formula is C33H40FN3O2. The molecule has 0 aliphatic carbocycles. The molecule has 0 aromatic heterocycles. The normalized spacial score (nSPS) is 17.3. The SMILES string of the molecule is CC(=O)c1ccc(CN(C(=O)[C@@H]2Cc3ccccc3CN2C[C@@H](N)C(C)(C)C)[C@H](C)c2ccc(F)cc2)cc1. The lowest BCUT2D eigenvalue weighted by molar-refractivity contribution is -0.141. The van der Waals surface area contributed by atoms with Crippen LogP contribution in [0.4, 0.5) is 4.39 Å². The van der Waals surface area contributed by atoms with Gasteiger partial charge in [0, 0.05) is 31.2 Å². The van der Waals surface area contributed by atoms with E-state index in [0.717, 1.165) is 11.1 Å². The van der Waals surface area contributed by atoms with Crippen molar-refractivity contribution < 1.29 is 14.0 Å². The number of halogens is 1. The van der Waals surface area contributed by atoms with Crippen molar-refractivity contribution in [1.82, 2.24) is 9.80 Å². The van der Waals surface area contributed by atoms with E-state index in [0.29, 0.717) is 31.6 Å². The number of ketones is 1. The summed E-state index contributed by atoms with van der Waals surface area (Å²) in [5, 5.41) is 0. The Morgan fingerprint density at radius 3 is 2.21 bits per heavy atom. The van der Waals surface area contributed by atoms with E-state index in [1.54, 1.807) is 31.2 Å². The van der Waals surface area contributed by atoms with Crippen molar-refractivity contribution in [1.29, 1.82) is 0 Å². The number of nitrogens with two attached hydrogens (primary N) is 1. The second-order valence-corrected chi connectivity index (χ2v) is 11.8. The van der Waals surface area contributed by atoms with Crippen LogP contribution in [0.3, 0.4) is 0 Å². The fourth-order valence-electron chi connectivity index (χ4n) is 5.10. The van der Waals surface area contributed by atoms with E-state index < -0.39 is 0 Å². The number of Topliss-reactive ketones (excluding diaryl/α,β-unsaturated/α-hetero) is 1. The lowest BCUT2D eigenvalue weighted by atomic mass is 9.85. The molecular weight excluding hydrogens is 489 g/mol. The van der Waals surface area contributed by atoms with Crippen molar-refractivity contribution in [2.24, 2.45) is 11.1 Å². The van der Waals surface area contributed by atoms with Gasteiger partial charge in [-0.1, -0.05) is 81.4 Å². The van der Waals surface area contributed by atoms with Crippen LogP contribution in [0.15, 0.2) is 72.8 Å². The minimum Gasteiger partial charge on any atom is -0.330 e. The predicted octanol–water partition coefficient (Wildman–Crippen LogP) is 5.92. The van der Waals surface area contributed by atoms with Gasteiger partial charge in [0.05, 0.1) is 12.1 Å². The zero-order valence-electron chi connectivity index (χ0n) is 23.7. The highest BCUT2D eigenvalue weighted by atomic mass is 19.1. The van der Waals surface area contributed by atoms with Gasteiger partial charge in [-0.15, -0.1) is 0 Å². The molecule has 0 fully saturated rings. The molecule has 0 saturated heterocycles. The van der Waals surface area contributed by atoms with Crippen molar-refractivity contribution in [3.8, 4) is 0 Å². The van der Waals surface area contributed by atoms with Crippen LogP contribution in [-0.2, 0) is 24.3 Å². The Labute approximate surface area is 231 Å². The average molecular weight is 530 g/mol. The van der Waals surface area contributed by atoms with Crippen LogP contribution < -0.4 is 5.73 Å². The second kappa shape index (κ2) is 11.8. The zero-order chi connectivity index (χ0) is 28.3. The molecule has 1 aliphatic heterocycles. The van der Waals surface area contributed by atoms with Gasteiger partial charge in [-0.3, -0.25) is 14.5 Å². The zero-order valence-corrected chi connectivity index (χ0v) is 23.7. The smallest absolute Gasteiger partial charge is 0.241 e. The number of nitrogens with zero attached hydrogens (tertiary/aromatic N) is 2. The predicted molar refractivity (Wildman–Crippen MR) is 154 cm³/mol. The van der Waals surface area contributed by atoms with Gasteiger partial charge in [-0.2, -0.15) is 0 Å². The summed E-state index contributed by atoms with van der Waals surface area (Å²) in [6.45, 7) is 11.5. The molecule has 5 nitrogen and oxygen atoms in total. The van der Waals surface area contributed by atoms with E-state index in [1.165, 1.54) is 23.3 Å². The quantitative estimate of drug-likeness (QED) is 0.368. The van der Waals surface area contributed by atoms with E-state index in [2.05, 4.69) is 37.8 Å². The fraction of sp³-hybridized carbons (Fsp3) is 0.394. The summed E-state index contributed by atoms with van der Waals surface area (Å²) in [6.07, 6.45) is 0.599. The number of fused-ring (bicyclic) bond motifs is 1. The van der Waals surface area contributed by atoms with Crippen LogP contribution in [0.25, 0.3) is 0 Å². The Balaban J connectivity index is 1.70. The first kappa shape index (κ1) is 28.7. The third kappa shape index (κ3) is 6.81. The van der Waals surface area contributed by atoms with Crippen LogP contribution >= 0.6 is 0 Å². The van der Waals surface area contributed by atoms with Crippen molar-refractivity contribution in [3.05, 3.63) is 106 Å². The first-order valence-electron chi connectivity index (χ1n) is 13.7. The molecule has 0 bridgehead atoms. The van der Waals surface area contributed by atoms with E-state index in [1.807, 2.05) is 36.1 Å². The Hall–Kier alpha value is -3.35. The van der Waals surface area contributed by atoms with Crippen LogP contribution in [0.5, 0.6) is 0 Å². The molecule has 4 rings (SSSR count). The van der Waals surface area contributed by atoms with Gasteiger partial charge in [0.15, 0.2) is 5.78 Å². The van der Waals surface area contributed by atoms with Gasteiger partial charge in [-0.25, -0.2) is 4.39 Å². The molecule has 3 aromatic carbocycles. The number of hydrogen-bond acceptors (Lipinski definition) is 4. The van der Waals surface area contributed by atoms with Gasteiger partial charge in [0.2, 0.25) is 5.91 Å². The molecule has 1 heterocycles. The van der Waals surface area contributed by atoms with Gasteiger partial charge in [0.25, 0.3) is 0 Å². The molecule has 0 saturated carbocycles. The molecule has 3 aromatic rings. The number of hydrogen-bond donors (Lipinski definition) is 1. The van der Waals surface area contributed by atoms with Crippen molar-refractivity contribution >= 4 is 11.7 Å². The fourth-order valence-corrected chi connectivity index (χ4v) is 5.10. The number of rotatable bonds is 8. The summed E-state index contributed by atoms with van der Waals surface area (Å²) in [5.41, 5.74) is 11.4. The summed E-state index contributed by atoms with van der Waals surface area (Å²) >= 11 is 0. The Morgan fingerprint density at radius 2 is 1.62 bits per heavy atom. The lowest BCUT2D eigenvalue weighted by Gasteiger charge is -2.43. The molecule has 1 amide bonds. The highest BCUT2D eigenvalue weighted by Gasteiger charge is 2.38. The maximum Gasteiger partial charge on any atom is 0.241 e. The summed E-state index contributed by atoms with van der Waals surface area (Å²) in [5.74, 6) is -0.297. The highest BCUT2D eigenvalue weighted by molar-refractivity contribution is 5.94. The van der Waals surface area contributed by atoms with Gasteiger partial charge in [0.1, 0.15) is 5.82 Å². The van der Waals surface area contributed by atoms with E-state index in [-0.39, 0.29) is 41.0 Å². The number of benzene rings is 3. The van der Waals surface area contributed by atoms with E-state index >= 15 is 0 Å². The molecule has 1 aliphatic rings. The van der Waals surface area contributed by atoms with E-state index in [9.17, 15) is 14.0 Å². The molecule has 6 heteroatoms. The monoisotopic (exact) mass is 529 g/mol. The molecule has 3 atom stereocenters. The Morgan fingerprint density at radius 1 is 1.00 bits per heavy atom. The van der Waals surface area contributed by atoms with Crippen LogP contribution in [0.2, 0.25) is 0 Å². The molecule has 2 N–H and O–H groups in total. The topological polar surface area (TPSA) is 66.6 Å². The summed E-state index contributed by atoms with van der Waals surface area (Å²) in [6, 6.07) is 21.2. The summed E-state index contributed by atoms with van der Waals surface area (Å²) in [4.78, 5) is 30.4. The van der Waals surface area contributed by atoms with Crippen molar-refractivity contribution in [2.75, 3.05) is 6.54 Å². The minimum atomic E-state index is -0.382. The van der Waals surface area contributed by atoms with Crippen LogP contribution in [0, 0.1) is 11.2 Å². The maximum atomic E-state index is 14.5. The third-order valence-electron chi connectivity index (χ3n) is 7.99. The first-order valence-corrected chi connectivity index (χ1v) is 13.7. The van der Waals surface area contributed by atoms with Crippen molar-refractivity contribution in [3.63, 3.8) is 0 Å². The highest BCUT2D eigenvalue weighted by Crippen LogP contribution is 2.31. The molecule has 0 unspecified atom stereocenters. The number of carbonyl (C=O) groups excluding carboxylic acids is 2. The van der Waals surface area contributed by atoms with Crippen LogP contribution in [0.1, 0.15) is 73.3 Å². The lowest BCUT2D eigenvalue weighted by Crippen LogP contribution is -2.56.